The lowest BCUT2D eigenvalue weighted by atomic mass is 10.3. The Morgan fingerprint density at radius 2 is 2.00 bits per heavy atom. The van der Waals surface area contributed by atoms with Crippen LogP contribution >= 0.6 is 0 Å². The lowest BCUT2D eigenvalue weighted by Gasteiger charge is -2.19. The zero-order valence-electron chi connectivity index (χ0n) is 18.3. The van der Waals surface area contributed by atoms with E-state index < -0.39 is 12.1 Å². The van der Waals surface area contributed by atoms with Crippen molar-refractivity contribution in [3.05, 3.63) is 52.0 Å². The third-order valence-electron chi connectivity index (χ3n) is 4.82. The quantitative estimate of drug-likeness (QED) is 0.643. The number of hydrogen-bond donors (Lipinski definition) is 2. The van der Waals surface area contributed by atoms with Crippen LogP contribution in [0, 0.1) is 0 Å². The molecule has 0 fully saturated rings. The minimum absolute atomic E-state index is 0.0632. The molecule has 13 heteroatoms. The van der Waals surface area contributed by atoms with Crippen molar-refractivity contribution in [2.45, 2.75) is 32.2 Å². The summed E-state index contributed by atoms with van der Waals surface area (Å²) < 4.78 is 40.4. The first-order valence-corrected chi connectivity index (χ1v) is 10.0. The Bertz CT molecular complexity index is 1020. The van der Waals surface area contributed by atoms with Crippen molar-refractivity contribution >= 4 is 11.9 Å². The van der Waals surface area contributed by atoms with Gasteiger partial charge in [-0.1, -0.05) is 0 Å². The van der Waals surface area contributed by atoms with E-state index in [4.69, 9.17) is 14.6 Å². The van der Waals surface area contributed by atoms with Gasteiger partial charge in [-0.2, -0.15) is 13.2 Å². The number of alkyl halides is 3. The normalized spacial score (nSPS) is 14.0. The molecule has 182 valence electrons. The highest BCUT2D eigenvalue weighted by Crippen LogP contribution is 2.13. The Labute approximate surface area is 187 Å². The maximum atomic E-state index is 12.4. The van der Waals surface area contributed by atoms with Gasteiger partial charge in [-0.05, 0) is 18.6 Å². The van der Waals surface area contributed by atoms with Gasteiger partial charge < -0.3 is 19.7 Å². The van der Waals surface area contributed by atoms with Crippen molar-refractivity contribution in [1.82, 2.24) is 24.3 Å². The van der Waals surface area contributed by atoms with E-state index in [2.05, 4.69) is 15.2 Å². The van der Waals surface area contributed by atoms with Crippen LogP contribution in [0.15, 0.2) is 29.2 Å². The van der Waals surface area contributed by atoms with E-state index in [-0.39, 0.29) is 18.0 Å². The van der Waals surface area contributed by atoms with Crippen LogP contribution in [0.2, 0.25) is 0 Å². The number of rotatable bonds is 6. The van der Waals surface area contributed by atoms with Gasteiger partial charge in [-0.25, -0.2) is 9.78 Å². The maximum Gasteiger partial charge on any atom is 0.490 e. The molecule has 0 saturated heterocycles. The lowest BCUT2D eigenvalue weighted by molar-refractivity contribution is -0.192. The summed E-state index contributed by atoms with van der Waals surface area (Å²) in [7, 11) is 3.50. The fourth-order valence-corrected chi connectivity index (χ4v) is 3.16. The van der Waals surface area contributed by atoms with Crippen LogP contribution in [0.5, 0.6) is 0 Å². The summed E-state index contributed by atoms with van der Waals surface area (Å²) in [6, 6.07) is 5.08. The number of halogens is 3. The second-order valence-corrected chi connectivity index (χ2v) is 7.27. The molecule has 2 N–H and O–H groups in total. The van der Waals surface area contributed by atoms with Gasteiger partial charge in [0.2, 0.25) is 0 Å². The molecular formula is C20H26F3N5O5. The number of amides is 1. The van der Waals surface area contributed by atoms with Crippen molar-refractivity contribution in [2.24, 2.45) is 7.05 Å². The highest BCUT2D eigenvalue weighted by atomic mass is 19.4. The monoisotopic (exact) mass is 473 g/mol. The molecule has 3 heterocycles. The van der Waals surface area contributed by atoms with Crippen molar-refractivity contribution in [3.8, 4) is 0 Å². The fourth-order valence-electron chi connectivity index (χ4n) is 3.16. The van der Waals surface area contributed by atoms with Crippen LogP contribution in [0.4, 0.5) is 13.2 Å². The summed E-state index contributed by atoms with van der Waals surface area (Å²) in [6.07, 6.45) is -2.36. The summed E-state index contributed by atoms with van der Waals surface area (Å²) in [6.45, 7) is 3.87. The minimum atomic E-state index is -5.08. The van der Waals surface area contributed by atoms with E-state index in [0.29, 0.717) is 31.1 Å². The summed E-state index contributed by atoms with van der Waals surface area (Å²) in [5.74, 6) is -2.20. The van der Waals surface area contributed by atoms with Crippen LogP contribution < -0.4 is 10.9 Å². The van der Waals surface area contributed by atoms with Crippen LogP contribution in [0.3, 0.4) is 0 Å². The van der Waals surface area contributed by atoms with Gasteiger partial charge in [0.25, 0.3) is 11.5 Å². The number of aliphatic carboxylic acids is 1. The van der Waals surface area contributed by atoms with Gasteiger partial charge in [-0.15, -0.1) is 0 Å². The third kappa shape index (κ3) is 7.71. The number of methoxy groups -OCH3 is 1. The highest BCUT2D eigenvalue weighted by molar-refractivity contribution is 5.92. The van der Waals surface area contributed by atoms with Gasteiger partial charge in [-0.3, -0.25) is 19.1 Å². The molecule has 1 aliphatic rings. The van der Waals surface area contributed by atoms with Gasteiger partial charge >= 0.3 is 12.1 Å². The van der Waals surface area contributed by atoms with Gasteiger partial charge in [0.05, 0.1) is 25.4 Å². The van der Waals surface area contributed by atoms with E-state index in [0.717, 1.165) is 25.3 Å². The number of carbonyl (C=O) groups excluding carboxylic acids is 1. The molecule has 0 atom stereocenters. The second-order valence-electron chi connectivity index (χ2n) is 7.27. The average molecular weight is 473 g/mol. The molecule has 0 radical (unpaired) electrons. The van der Waals surface area contributed by atoms with Crippen molar-refractivity contribution < 1.29 is 32.6 Å². The Morgan fingerprint density at radius 1 is 1.30 bits per heavy atom. The number of aromatic nitrogens is 3. The Balaban J connectivity index is 0.000000479. The van der Waals surface area contributed by atoms with Crippen molar-refractivity contribution in [3.63, 3.8) is 0 Å². The molecule has 3 rings (SSSR count). The van der Waals surface area contributed by atoms with Crippen LogP contribution in [-0.4, -0.2) is 69.0 Å². The summed E-state index contributed by atoms with van der Waals surface area (Å²) in [5, 5.41) is 9.96. The van der Waals surface area contributed by atoms with E-state index in [1.807, 2.05) is 19.3 Å². The zero-order valence-corrected chi connectivity index (χ0v) is 18.3. The predicted molar refractivity (Wildman–Crippen MR) is 111 cm³/mol. The standard InChI is InChI=1S/C18H25N5O3.C2HF3O2/c1-21-6-3-5-15(21)18(25)19-12-14-11-17(24)23-8-4-7-22(9-10-26-2)13-16(23)20-14;3-2(4,5)1(6)7/h3,5-6,11H,4,7-10,12-13H2,1-2H3,(H,19,25);(H,6,7). The zero-order chi connectivity index (χ0) is 24.6. The predicted octanol–water partition coefficient (Wildman–Crippen LogP) is 0.997. The molecule has 0 aromatic carbocycles. The molecule has 2 aromatic heterocycles. The van der Waals surface area contributed by atoms with Crippen LogP contribution in [-0.2, 0) is 36.2 Å². The first-order valence-electron chi connectivity index (χ1n) is 10.0. The second kappa shape index (κ2) is 11.6. The number of carboxylic acids is 1. The SMILES string of the molecule is COCCN1CCCn2c(nc(CNC(=O)c3cccn3C)cc2=O)C1.O=C(O)C(F)(F)F. The largest absolute Gasteiger partial charge is 0.490 e. The Morgan fingerprint density at radius 3 is 2.58 bits per heavy atom. The first-order chi connectivity index (χ1) is 15.5. The van der Waals surface area contributed by atoms with E-state index in [9.17, 15) is 22.8 Å². The number of hydrogen-bond acceptors (Lipinski definition) is 6. The number of carbonyl (C=O) groups is 2. The number of aryl methyl sites for hydroxylation is 1. The molecule has 10 nitrogen and oxygen atoms in total. The highest BCUT2D eigenvalue weighted by Gasteiger charge is 2.38. The minimum Gasteiger partial charge on any atom is -0.475 e. The van der Waals surface area contributed by atoms with Crippen molar-refractivity contribution in [2.75, 3.05) is 26.8 Å². The third-order valence-corrected chi connectivity index (χ3v) is 4.82. The molecule has 1 amide bonds. The topological polar surface area (TPSA) is 119 Å². The summed E-state index contributed by atoms with van der Waals surface area (Å²) in [4.78, 5) is 40.4. The first kappa shape index (κ1) is 26.1. The fraction of sp³-hybridized carbons (Fsp3) is 0.500. The molecule has 0 unspecified atom stereocenters. The number of carboxylic acid groups (broad SMARTS) is 1. The van der Waals surface area contributed by atoms with E-state index in [1.54, 1.807) is 22.3 Å². The molecular weight excluding hydrogens is 447 g/mol. The smallest absolute Gasteiger partial charge is 0.475 e. The summed E-state index contributed by atoms with van der Waals surface area (Å²) in [5.41, 5.74) is 1.09. The molecule has 0 spiro atoms. The van der Waals surface area contributed by atoms with Gasteiger partial charge in [0.1, 0.15) is 11.5 Å². The molecule has 0 bridgehead atoms. The number of fused-ring (bicyclic) bond motifs is 1. The number of ether oxygens (including phenoxy) is 1. The number of nitrogens with one attached hydrogen (secondary N) is 1. The van der Waals surface area contributed by atoms with Crippen molar-refractivity contribution in [1.29, 1.82) is 0 Å². The van der Waals surface area contributed by atoms with Crippen LogP contribution in [0.25, 0.3) is 0 Å². The Hall–Kier alpha value is -3.19. The molecule has 2 aromatic rings. The summed E-state index contributed by atoms with van der Waals surface area (Å²) >= 11 is 0. The molecule has 33 heavy (non-hydrogen) atoms. The van der Waals surface area contributed by atoms with E-state index >= 15 is 0 Å². The Kier molecular flexibility index (Phi) is 9.17. The number of nitrogens with zero attached hydrogens (tertiary/aromatic N) is 4. The van der Waals surface area contributed by atoms with Gasteiger partial charge in [0.15, 0.2) is 0 Å². The average Bonchev–Trinajstić information content (AvgIpc) is 3.06. The van der Waals surface area contributed by atoms with Crippen LogP contribution in [0.1, 0.15) is 28.4 Å². The molecule has 0 saturated carbocycles. The maximum absolute atomic E-state index is 12.4. The lowest BCUT2D eigenvalue weighted by Crippen LogP contribution is -2.31. The van der Waals surface area contributed by atoms with E-state index in [1.165, 1.54) is 6.07 Å². The molecule has 0 aliphatic carbocycles. The molecule has 1 aliphatic heterocycles. The van der Waals surface area contributed by atoms with Gasteiger partial charge in [0, 0.05) is 46.1 Å².